The average molecular weight is 550 g/mol. The number of benzene rings is 2. The van der Waals surface area contributed by atoms with Gasteiger partial charge in [-0.15, -0.1) is 11.8 Å². The molecule has 0 aliphatic carbocycles. The molecule has 2 fully saturated rings. The van der Waals surface area contributed by atoms with Gasteiger partial charge in [-0.25, -0.2) is 17.8 Å². The number of thioether (sulfide) groups is 1. The zero-order valence-corrected chi connectivity index (χ0v) is 22.4. The highest BCUT2D eigenvalue weighted by molar-refractivity contribution is 7.99. The number of piperidine rings is 1. The summed E-state index contributed by atoms with van der Waals surface area (Å²) < 4.78 is 48.4. The van der Waals surface area contributed by atoms with Gasteiger partial charge in [-0.2, -0.15) is 4.31 Å². The van der Waals surface area contributed by atoms with Crippen LogP contribution in [0.2, 0.25) is 0 Å². The molecule has 3 aromatic rings. The summed E-state index contributed by atoms with van der Waals surface area (Å²) in [6, 6.07) is 11.4. The minimum Gasteiger partial charge on any atom is -0.376 e. The molecule has 0 spiro atoms. The number of aromatic nitrogens is 1. The maximum Gasteiger partial charge on any atom is 0.244 e. The molecular weight excluding hydrogens is 521 g/mol. The summed E-state index contributed by atoms with van der Waals surface area (Å²) in [6.45, 7) is 1.62. The van der Waals surface area contributed by atoms with E-state index in [0.29, 0.717) is 51.1 Å². The van der Waals surface area contributed by atoms with E-state index in [1.54, 1.807) is 29.2 Å². The third kappa shape index (κ3) is 5.17. The molecule has 11 heteroatoms. The molecule has 1 unspecified atom stereocenters. The first-order valence-electron chi connectivity index (χ1n) is 12.0. The first-order valence-corrected chi connectivity index (χ1v) is 15.5. The number of hydrogen-bond acceptors (Lipinski definition) is 7. The van der Waals surface area contributed by atoms with E-state index < -0.39 is 10.0 Å². The second-order valence-electron chi connectivity index (χ2n) is 9.02. The standard InChI is InChI=1S/C25H28FN3O4S3/c1-34-21-6-2-3-7-23(21)36(31,32)28-12-10-17(11-13-28)24(30)29(16-19-5-4-14-33-19)25-27-20-9-8-18(26)15-22(20)35-25/h2-3,6-9,15,17,19H,4-5,10-14,16H2,1H3. The van der Waals surface area contributed by atoms with Crippen LogP contribution in [-0.4, -0.2) is 62.2 Å². The number of thiazole rings is 1. The molecule has 0 radical (unpaired) electrons. The van der Waals surface area contributed by atoms with Gasteiger partial charge in [0.2, 0.25) is 15.9 Å². The molecule has 1 amide bonds. The van der Waals surface area contributed by atoms with Gasteiger partial charge in [-0.05, 0) is 62.3 Å². The summed E-state index contributed by atoms with van der Waals surface area (Å²) in [4.78, 5) is 21.1. The summed E-state index contributed by atoms with van der Waals surface area (Å²) in [7, 11) is -3.64. The Bertz CT molecular complexity index is 1350. The molecule has 1 atom stereocenters. The van der Waals surface area contributed by atoms with Crippen molar-refractivity contribution in [3.8, 4) is 0 Å². The Morgan fingerprint density at radius 3 is 2.72 bits per heavy atom. The highest BCUT2D eigenvalue weighted by Gasteiger charge is 2.36. The van der Waals surface area contributed by atoms with Crippen molar-refractivity contribution in [3.05, 3.63) is 48.3 Å². The number of anilines is 1. The van der Waals surface area contributed by atoms with Gasteiger partial charge in [0.05, 0.1) is 27.8 Å². The fourth-order valence-electron chi connectivity index (χ4n) is 4.79. The van der Waals surface area contributed by atoms with Crippen molar-refractivity contribution in [1.82, 2.24) is 9.29 Å². The Morgan fingerprint density at radius 2 is 2.00 bits per heavy atom. The molecule has 3 heterocycles. The quantitative estimate of drug-likeness (QED) is 0.395. The number of amides is 1. The fraction of sp³-hybridized carbons (Fsp3) is 0.440. The topological polar surface area (TPSA) is 79.8 Å². The lowest BCUT2D eigenvalue weighted by Crippen LogP contribution is -2.46. The number of nitrogens with zero attached hydrogens (tertiary/aromatic N) is 3. The van der Waals surface area contributed by atoms with E-state index >= 15 is 0 Å². The summed E-state index contributed by atoms with van der Waals surface area (Å²) in [5.41, 5.74) is 0.648. The Kier molecular flexibility index (Phi) is 7.64. The molecule has 5 rings (SSSR count). The number of hydrogen-bond donors (Lipinski definition) is 0. The lowest BCUT2D eigenvalue weighted by molar-refractivity contribution is -0.123. The second kappa shape index (κ2) is 10.7. The highest BCUT2D eigenvalue weighted by Crippen LogP contribution is 2.34. The average Bonchev–Trinajstić information content (AvgIpc) is 3.56. The smallest absolute Gasteiger partial charge is 0.244 e. The predicted molar refractivity (Wildman–Crippen MR) is 141 cm³/mol. The van der Waals surface area contributed by atoms with Gasteiger partial charge in [0, 0.05) is 30.5 Å². The van der Waals surface area contributed by atoms with Crippen LogP contribution < -0.4 is 4.90 Å². The molecule has 0 bridgehead atoms. The van der Waals surface area contributed by atoms with Gasteiger partial charge in [-0.1, -0.05) is 23.5 Å². The van der Waals surface area contributed by atoms with Crippen LogP contribution in [0.25, 0.3) is 10.2 Å². The van der Waals surface area contributed by atoms with Crippen LogP contribution in [0.3, 0.4) is 0 Å². The molecule has 1 aromatic heterocycles. The molecule has 2 aromatic carbocycles. The van der Waals surface area contributed by atoms with E-state index in [4.69, 9.17) is 4.74 Å². The summed E-state index contributed by atoms with van der Waals surface area (Å²) >= 11 is 2.69. The minimum absolute atomic E-state index is 0.0683. The molecule has 36 heavy (non-hydrogen) atoms. The van der Waals surface area contributed by atoms with Crippen molar-refractivity contribution in [2.45, 2.75) is 41.6 Å². The van der Waals surface area contributed by atoms with E-state index in [1.807, 2.05) is 12.3 Å². The molecule has 2 aliphatic heterocycles. The lowest BCUT2D eigenvalue weighted by Gasteiger charge is -2.33. The Morgan fingerprint density at radius 1 is 1.22 bits per heavy atom. The van der Waals surface area contributed by atoms with Crippen molar-refractivity contribution in [3.63, 3.8) is 0 Å². The Labute approximate surface area is 218 Å². The van der Waals surface area contributed by atoms with Crippen LogP contribution >= 0.6 is 23.1 Å². The minimum atomic E-state index is -3.64. The van der Waals surface area contributed by atoms with Crippen molar-refractivity contribution in [1.29, 1.82) is 0 Å². The molecule has 0 N–H and O–H groups in total. The van der Waals surface area contributed by atoms with Crippen molar-refractivity contribution < 1.29 is 22.3 Å². The molecular formula is C25H28FN3O4S3. The highest BCUT2D eigenvalue weighted by atomic mass is 32.2. The first-order chi connectivity index (χ1) is 17.4. The van der Waals surface area contributed by atoms with Crippen LogP contribution in [0.15, 0.2) is 52.3 Å². The van der Waals surface area contributed by atoms with E-state index in [2.05, 4.69) is 4.98 Å². The van der Waals surface area contributed by atoms with Gasteiger partial charge in [0.1, 0.15) is 5.82 Å². The molecule has 2 aliphatic rings. The number of ether oxygens (including phenoxy) is 1. The number of rotatable bonds is 7. The SMILES string of the molecule is CSc1ccccc1S(=O)(=O)N1CCC(C(=O)N(CC2CCCO2)c2nc3ccc(F)cc3s2)CC1. The Hall–Kier alpha value is -2.05. The number of carbonyl (C=O) groups is 1. The number of carbonyl (C=O) groups excluding carboxylic acids is 1. The van der Waals surface area contributed by atoms with E-state index in [9.17, 15) is 17.6 Å². The number of halogens is 1. The van der Waals surface area contributed by atoms with E-state index in [1.165, 1.54) is 39.5 Å². The predicted octanol–water partition coefficient (Wildman–Crippen LogP) is 4.77. The van der Waals surface area contributed by atoms with Crippen LogP contribution in [-0.2, 0) is 19.6 Å². The van der Waals surface area contributed by atoms with Gasteiger partial charge in [-0.3, -0.25) is 9.69 Å². The largest absolute Gasteiger partial charge is 0.376 e. The van der Waals surface area contributed by atoms with Crippen molar-refractivity contribution in [2.75, 3.05) is 37.4 Å². The molecule has 2 saturated heterocycles. The first kappa shape index (κ1) is 25.6. The van der Waals surface area contributed by atoms with Crippen molar-refractivity contribution >= 4 is 54.4 Å². The zero-order valence-electron chi connectivity index (χ0n) is 19.9. The molecule has 7 nitrogen and oxygen atoms in total. The van der Waals surface area contributed by atoms with Crippen LogP contribution in [0, 0.1) is 11.7 Å². The van der Waals surface area contributed by atoms with Crippen LogP contribution in [0.5, 0.6) is 0 Å². The summed E-state index contributed by atoms with van der Waals surface area (Å²) in [6.07, 6.45) is 4.47. The van der Waals surface area contributed by atoms with Gasteiger partial charge >= 0.3 is 0 Å². The van der Waals surface area contributed by atoms with E-state index in [-0.39, 0.29) is 36.8 Å². The summed E-state index contributed by atoms with van der Waals surface area (Å²) in [5.74, 6) is -0.740. The number of fused-ring (bicyclic) bond motifs is 1. The van der Waals surface area contributed by atoms with Gasteiger partial charge in [0.25, 0.3) is 0 Å². The fourth-order valence-corrected chi connectivity index (χ4v) is 8.39. The number of sulfonamides is 1. The van der Waals surface area contributed by atoms with Gasteiger partial charge in [0.15, 0.2) is 5.13 Å². The molecule has 0 saturated carbocycles. The maximum absolute atomic E-state index is 13.8. The van der Waals surface area contributed by atoms with Crippen LogP contribution in [0.4, 0.5) is 9.52 Å². The monoisotopic (exact) mass is 549 g/mol. The normalized spacial score (nSPS) is 19.7. The zero-order chi connectivity index (χ0) is 25.3. The summed E-state index contributed by atoms with van der Waals surface area (Å²) in [5, 5.41) is 0.528. The van der Waals surface area contributed by atoms with Crippen molar-refractivity contribution in [2.24, 2.45) is 5.92 Å². The maximum atomic E-state index is 13.8. The molecule has 192 valence electrons. The van der Waals surface area contributed by atoms with Crippen LogP contribution in [0.1, 0.15) is 25.7 Å². The Balaban J connectivity index is 1.34. The van der Waals surface area contributed by atoms with Gasteiger partial charge < -0.3 is 4.74 Å². The lowest BCUT2D eigenvalue weighted by atomic mass is 9.96. The second-order valence-corrected chi connectivity index (χ2v) is 12.8. The third-order valence-electron chi connectivity index (χ3n) is 6.74. The third-order valence-corrected chi connectivity index (χ3v) is 10.7. The van der Waals surface area contributed by atoms with E-state index in [0.717, 1.165) is 12.8 Å².